The maximum absolute atomic E-state index is 12.3. The molecule has 2 amide bonds. The third kappa shape index (κ3) is 3.95. The number of benzene rings is 1. The van der Waals surface area contributed by atoms with E-state index in [0.717, 1.165) is 9.13 Å². The summed E-state index contributed by atoms with van der Waals surface area (Å²) in [4.78, 5) is 24.2. The largest absolute Gasteiger partial charge is 0.494 e. The molecule has 1 saturated heterocycles. The van der Waals surface area contributed by atoms with E-state index >= 15 is 0 Å². The van der Waals surface area contributed by atoms with Crippen LogP contribution in [0.15, 0.2) is 30.5 Å². The van der Waals surface area contributed by atoms with Gasteiger partial charge in [-0.1, -0.05) is 6.58 Å². The number of ether oxygens (including phenoxy) is 2. The molecule has 0 radical (unpaired) electrons. The van der Waals surface area contributed by atoms with E-state index in [4.69, 9.17) is 9.47 Å². The lowest BCUT2D eigenvalue weighted by atomic mass is 9.88. The van der Waals surface area contributed by atoms with Gasteiger partial charge in [-0.3, -0.25) is 4.79 Å². The predicted molar refractivity (Wildman–Crippen MR) is 94.0 cm³/mol. The monoisotopic (exact) mass is 430 g/mol. The molecule has 0 bridgehead atoms. The minimum absolute atomic E-state index is 0.258. The van der Waals surface area contributed by atoms with Crippen LogP contribution in [0.4, 0.5) is 4.79 Å². The van der Waals surface area contributed by atoms with Gasteiger partial charge in [-0.2, -0.15) is 0 Å². The first-order valence-electron chi connectivity index (χ1n) is 7.33. The molecule has 0 aliphatic carbocycles. The number of rotatable bonds is 5. The third-order valence-corrected chi connectivity index (χ3v) is 4.09. The normalized spacial score (nSPS) is 20.5. The molecule has 0 unspecified atom stereocenters. The van der Waals surface area contributed by atoms with Gasteiger partial charge in [0, 0.05) is 14.8 Å². The number of carbonyl (C=O) groups is 2. The van der Waals surface area contributed by atoms with Crippen LogP contribution in [-0.4, -0.2) is 25.2 Å². The van der Waals surface area contributed by atoms with Gasteiger partial charge in [0.15, 0.2) is 0 Å². The van der Waals surface area contributed by atoms with E-state index < -0.39 is 24.0 Å². The third-order valence-electron chi connectivity index (χ3n) is 3.42. The highest BCUT2D eigenvalue weighted by atomic mass is 127. The number of esters is 1. The molecule has 1 aliphatic rings. The Morgan fingerprint density at radius 2 is 2.09 bits per heavy atom. The van der Waals surface area contributed by atoms with Gasteiger partial charge >= 0.3 is 12.0 Å². The number of carbonyl (C=O) groups excluding carboxylic acids is 2. The summed E-state index contributed by atoms with van der Waals surface area (Å²) in [6, 6.07) is 4.64. The fourth-order valence-corrected chi connectivity index (χ4v) is 3.02. The van der Waals surface area contributed by atoms with Crippen molar-refractivity contribution < 1.29 is 19.1 Å². The van der Waals surface area contributed by atoms with Gasteiger partial charge in [0.05, 0.1) is 19.3 Å². The van der Waals surface area contributed by atoms with Crippen LogP contribution >= 0.6 is 22.6 Å². The first kappa shape index (κ1) is 17.6. The molecule has 6 nitrogen and oxygen atoms in total. The lowest BCUT2D eigenvalue weighted by Crippen LogP contribution is -2.51. The van der Waals surface area contributed by atoms with Crippen LogP contribution in [0.25, 0.3) is 0 Å². The number of urea groups is 1. The van der Waals surface area contributed by atoms with Gasteiger partial charge in [0.25, 0.3) is 0 Å². The van der Waals surface area contributed by atoms with Crippen molar-refractivity contribution in [2.75, 3.05) is 13.2 Å². The summed E-state index contributed by atoms with van der Waals surface area (Å²) in [5.74, 6) is -0.524. The van der Waals surface area contributed by atoms with Crippen LogP contribution in [0.2, 0.25) is 0 Å². The second-order valence-corrected chi connectivity index (χ2v) is 6.19. The van der Waals surface area contributed by atoms with E-state index in [-0.39, 0.29) is 6.61 Å². The van der Waals surface area contributed by atoms with E-state index in [1.54, 1.807) is 6.92 Å². The number of nitrogens with one attached hydrogen (secondary N) is 2. The number of amides is 2. The predicted octanol–water partition coefficient (Wildman–Crippen LogP) is 2.74. The van der Waals surface area contributed by atoms with Crippen LogP contribution in [0.3, 0.4) is 0 Å². The van der Waals surface area contributed by atoms with Crippen molar-refractivity contribution in [3.8, 4) is 5.75 Å². The van der Waals surface area contributed by atoms with E-state index in [2.05, 4.69) is 39.8 Å². The van der Waals surface area contributed by atoms with Crippen molar-refractivity contribution in [2.24, 2.45) is 5.92 Å². The SMILES string of the molecule is C=C1NC(=O)N[C@H](c2cc(I)ccc2OCC)[C@H]1C(=O)OCC. The molecule has 2 rings (SSSR count). The van der Waals surface area contributed by atoms with E-state index in [0.29, 0.717) is 18.1 Å². The Hall–Kier alpha value is -1.77. The van der Waals surface area contributed by atoms with Gasteiger partial charge in [0.1, 0.15) is 11.7 Å². The Morgan fingerprint density at radius 1 is 1.35 bits per heavy atom. The fourth-order valence-electron chi connectivity index (χ4n) is 2.50. The lowest BCUT2D eigenvalue weighted by molar-refractivity contribution is -0.147. The van der Waals surface area contributed by atoms with Gasteiger partial charge < -0.3 is 20.1 Å². The molecule has 23 heavy (non-hydrogen) atoms. The summed E-state index contributed by atoms with van der Waals surface area (Å²) in [5, 5.41) is 5.33. The first-order chi connectivity index (χ1) is 11.0. The second-order valence-electron chi connectivity index (χ2n) is 4.95. The number of hydrogen-bond acceptors (Lipinski definition) is 4. The lowest BCUT2D eigenvalue weighted by Gasteiger charge is -2.34. The van der Waals surface area contributed by atoms with E-state index in [1.165, 1.54) is 0 Å². The molecule has 2 atom stereocenters. The van der Waals surface area contributed by atoms with Crippen molar-refractivity contribution in [2.45, 2.75) is 19.9 Å². The van der Waals surface area contributed by atoms with Crippen molar-refractivity contribution in [1.29, 1.82) is 0 Å². The summed E-state index contributed by atoms with van der Waals surface area (Å²) >= 11 is 2.18. The molecule has 0 saturated carbocycles. The Bertz CT molecular complexity index is 633. The van der Waals surface area contributed by atoms with Gasteiger partial charge in [-0.15, -0.1) is 0 Å². The Morgan fingerprint density at radius 3 is 2.74 bits per heavy atom. The van der Waals surface area contributed by atoms with Crippen LogP contribution in [0.1, 0.15) is 25.5 Å². The molecule has 1 fully saturated rings. The van der Waals surface area contributed by atoms with Crippen LogP contribution in [0.5, 0.6) is 5.75 Å². The topological polar surface area (TPSA) is 76.7 Å². The summed E-state index contributed by atoms with van der Waals surface area (Å²) in [7, 11) is 0. The maximum atomic E-state index is 12.3. The zero-order valence-corrected chi connectivity index (χ0v) is 15.2. The Labute approximate surface area is 148 Å². The molecule has 1 aliphatic heterocycles. The molecule has 1 heterocycles. The average Bonchev–Trinajstić information content (AvgIpc) is 2.48. The molecular formula is C16H19IN2O4. The average molecular weight is 430 g/mol. The van der Waals surface area contributed by atoms with Crippen molar-refractivity contribution >= 4 is 34.6 Å². The molecule has 0 aromatic heterocycles. The maximum Gasteiger partial charge on any atom is 0.319 e. The summed E-state index contributed by atoms with van der Waals surface area (Å²) in [6.07, 6.45) is 0. The smallest absolute Gasteiger partial charge is 0.319 e. The van der Waals surface area contributed by atoms with Crippen LogP contribution in [-0.2, 0) is 9.53 Å². The van der Waals surface area contributed by atoms with Gasteiger partial charge in [-0.25, -0.2) is 4.79 Å². The summed E-state index contributed by atoms with van der Waals surface area (Å²) in [5.41, 5.74) is 1.05. The number of halogens is 1. The van der Waals surface area contributed by atoms with Crippen LogP contribution < -0.4 is 15.4 Å². The summed E-state index contributed by atoms with van der Waals surface area (Å²) < 4.78 is 11.8. The zero-order chi connectivity index (χ0) is 17.0. The highest BCUT2D eigenvalue weighted by Gasteiger charge is 2.40. The minimum Gasteiger partial charge on any atom is -0.494 e. The fraction of sp³-hybridized carbons (Fsp3) is 0.375. The van der Waals surface area contributed by atoms with E-state index in [9.17, 15) is 9.59 Å². The van der Waals surface area contributed by atoms with E-state index in [1.807, 2.05) is 25.1 Å². The quantitative estimate of drug-likeness (QED) is 0.557. The molecule has 124 valence electrons. The van der Waals surface area contributed by atoms with Gasteiger partial charge in [0.2, 0.25) is 0 Å². The molecule has 1 aromatic rings. The molecular weight excluding hydrogens is 411 g/mol. The highest BCUT2D eigenvalue weighted by molar-refractivity contribution is 14.1. The standard InChI is InChI=1S/C16H19IN2O4/c1-4-22-12-7-6-10(17)8-11(12)14-13(15(20)23-5-2)9(3)18-16(21)19-14/h6-8,13-14H,3-5H2,1-2H3,(H2,18,19,21)/t13-,14+/m0/s1. The molecule has 2 N–H and O–H groups in total. The first-order valence-corrected chi connectivity index (χ1v) is 8.41. The summed E-state index contributed by atoms with van der Waals surface area (Å²) in [6.45, 7) is 8.17. The molecule has 7 heteroatoms. The number of hydrogen-bond donors (Lipinski definition) is 2. The molecule has 1 aromatic carbocycles. The highest BCUT2D eigenvalue weighted by Crippen LogP contribution is 2.36. The van der Waals surface area contributed by atoms with Crippen LogP contribution in [0, 0.1) is 9.49 Å². The Balaban J connectivity index is 2.47. The van der Waals surface area contributed by atoms with Gasteiger partial charge in [-0.05, 0) is 54.6 Å². The second kappa shape index (κ2) is 7.67. The van der Waals surface area contributed by atoms with Crippen molar-refractivity contribution in [1.82, 2.24) is 10.6 Å². The van der Waals surface area contributed by atoms with Crippen molar-refractivity contribution in [3.05, 3.63) is 39.6 Å². The Kier molecular flexibility index (Phi) is 5.86. The zero-order valence-electron chi connectivity index (χ0n) is 13.0. The van der Waals surface area contributed by atoms with Crippen molar-refractivity contribution in [3.63, 3.8) is 0 Å². The minimum atomic E-state index is -0.718. The molecule has 0 spiro atoms.